The first-order valence-electron chi connectivity index (χ1n) is 8.03. The number of hydrogen-bond donors (Lipinski definition) is 2. The van der Waals surface area contributed by atoms with Crippen LogP contribution >= 0.6 is 0 Å². The van der Waals surface area contributed by atoms with Crippen molar-refractivity contribution in [3.05, 3.63) is 76.0 Å². The molecule has 3 aromatic rings. The topological polar surface area (TPSA) is 127 Å². The molecule has 1 heterocycles. The number of nitrogens with zero attached hydrogens (tertiary/aromatic N) is 2. The number of nitro benzene ring substituents is 1. The number of carbonyl (C=O) groups is 1. The molecule has 9 heteroatoms. The lowest BCUT2D eigenvalue weighted by Crippen LogP contribution is -2.17. The van der Waals surface area contributed by atoms with Crippen LogP contribution in [-0.4, -0.2) is 29.3 Å². The molecule has 0 saturated heterocycles. The second-order valence-corrected chi connectivity index (χ2v) is 5.56. The number of nitro groups is 1. The van der Waals surface area contributed by atoms with Crippen molar-refractivity contribution in [2.24, 2.45) is 5.10 Å². The molecule has 2 N–H and O–H groups in total. The number of carbonyl (C=O) groups excluding carboxylic acids is 1. The van der Waals surface area contributed by atoms with Crippen molar-refractivity contribution in [1.29, 1.82) is 0 Å². The number of phenols is 1. The Morgan fingerprint density at radius 3 is 2.75 bits per heavy atom. The van der Waals surface area contributed by atoms with Gasteiger partial charge in [-0.05, 0) is 30.3 Å². The fourth-order valence-electron chi connectivity index (χ4n) is 2.45. The van der Waals surface area contributed by atoms with Gasteiger partial charge in [0.2, 0.25) is 0 Å². The molecule has 142 valence electrons. The monoisotopic (exact) mass is 381 g/mol. The number of benzene rings is 2. The third-order valence-corrected chi connectivity index (χ3v) is 3.79. The molecule has 0 saturated carbocycles. The van der Waals surface area contributed by atoms with Crippen molar-refractivity contribution in [2.45, 2.75) is 0 Å². The summed E-state index contributed by atoms with van der Waals surface area (Å²) < 4.78 is 10.8. The van der Waals surface area contributed by atoms with Crippen LogP contribution in [0.3, 0.4) is 0 Å². The maximum Gasteiger partial charge on any atom is 0.275 e. The molecule has 0 atom stereocenters. The van der Waals surface area contributed by atoms with Gasteiger partial charge in [0.25, 0.3) is 11.6 Å². The molecule has 28 heavy (non-hydrogen) atoms. The van der Waals surface area contributed by atoms with Gasteiger partial charge in [0.05, 0.1) is 29.4 Å². The molecular weight excluding hydrogens is 366 g/mol. The third kappa shape index (κ3) is 3.98. The van der Waals surface area contributed by atoms with Gasteiger partial charge in [0, 0.05) is 12.1 Å². The number of rotatable bonds is 6. The number of hydrazone groups is 1. The predicted molar refractivity (Wildman–Crippen MR) is 101 cm³/mol. The molecule has 1 aromatic heterocycles. The highest BCUT2D eigenvalue weighted by Crippen LogP contribution is 2.34. The molecule has 0 aliphatic carbocycles. The lowest BCUT2D eigenvalue weighted by atomic mass is 10.1. The summed E-state index contributed by atoms with van der Waals surface area (Å²) in [5, 5.41) is 24.4. The van der Waals surface area contributed by atoms with Crippen LogP contribution in [0.2, 0.25) is 0 Å². The smallest absolute Gasteiger partial charge is 0.275 e. The molecule has 1 amide bonds. The summed E-state index contributed by atoms with van der Waals surface area (Å²) >= 11 is 0. The Morgan fingerprint density at radius 1 is 1.25 bits per heavy atom. The lowest BCUT2D eigenvalue weighted by Gasteiger charge is -2.05. The normalized spacial score (nSPS) is 10.8. The molecule has 0 fully saturated rings. The molecule has 3 rings (SSSR count). The van der Waals surface area contributed by atoms with Gasteiger partial charge < -0.3 is 14.3 Å². The zero-order chi connectivity index (χ0) is 20.1. The fourth-order valence-corrected chi connectivity index (χ4v) is 2.45. The summed E-state index contributed by atoms with van der Waals surface area (Å²) in [6.45, 7) is 0. The predicted octanol–water partition coefficient (Wildman–Crippen LogP) is 3.33. The van der Waals surface area contributed by atoms with Gasteiger partial charge in [-0.15, -0.1) is 0 Å². The van der Waals surface area contributed by atoms with Gasteiger partial charge in [0.1, 0.15) is 23.0 Å². The van der Waals surface area contributed by atoms with Crippen LogP contribution in [-0.2, 0) is 0 Å². The molecule has 0 aliphatic rings. The van der Waals surface area contributed by atoms with Crippen LogP contribution < -0.4 is 10.2 Å². The van der Waals surface area contributed by atoms with Crippen LogP contribution in [0, 0.1) is 10.1 Å². The van der Waals surface area contributed by atoms with Crippen molar-refractivity contribution in [3.8, 4) is 22.8 Å². The fraction of sp³-hybridized carbons (Fsp3) is 0.0526. The summed E-state index contributed by atoms with van der Waals surface area (Å²) in [5.41, 5.74) is 2.68. The second-order valence-electron chi connectivity index (χ2n) is 5.56. The van der Waals surface area contributed by atoms with E-state index in [-0.39, 0.29) is 17.0 Å². The van der Waals surface area contributed by atoms with Gasteiger partial charge >= 0.3 is 0 Å². The minimum Gasteiger partial charge on any atom is -0.507 e. The highest BCUT2D eigenvalue weighted by molar-refractivity contribution is 5.97. The minimum absolute atomic E-state index is 0.0844. The zero-order valence-electron chi connectivity index (χ0n) is 14.7. The number of hydrogen-bond acceptors (Lipinski definition) is 7. The summed E-state index contributed by atoms with van der Waals surface area (Å²) in [6.07, 6.45) is 1.27. The number of aromatic hydroxyl groups is 1. The highest BCUT2D eigenvalue weighted by atomic mass is 16.6. The molecular formula is C19H15N3O6. The van der Waals surface area contributed by atoms with E-state index in [1.807, 2.05) is 0 Å². The average molecular weight is 381 g/mol. The molecule has 2 aromatic carbocycles. The van der Waals surface area contributed by atoms with Crippen LogP contribution in [0.1, 0.15) is 16.1 Å². The Kier molecular flexibility index (Phi) is 5.35. The van der Waals surface area contributed by atoms with Gasteiger partial charge in [-0.3, -0.25) is 14.9 Å². The number of amides is 1. The second kappa shape index (κ2) is 8.04. The SMILES string of the molecule is COc1ccc([N+](=O)[O-])cc1-c1ccc(C=NNC(=O)c2ccccc2O)o1. The van der Waals surface area contributed by atoms with Crippen molar-refractivity contribution in [1.82, 2.24) is 5.43 Å². The average Bonchev–Trinajstić information content (AvgIpc) is 3.16. The van der Waals surface area contributed by atoms with Crippen LogP contribution in [0.25, 0.3) is 11.3 Å². The number of non-ortho nitro benzene ring substituents is 1. The van der Waals surface area contributed by atoms with Gasteiger partial charge in [0.15, 0.2) is 0 Å². The largest absolute Gasteiger partial charge is 0.507 e. The van der Waals surface area contributed by atoms with Gasteiger partial charge in [-0.1, -0.05) is 12.1 Å². The maximum absolute atomic E-state index is 12.0. The summed E-state index contributed by atoms with van der Waals surface area (Å²) in [5.74, 6) is 0.321. The Labute approximate surface area is 159 Å². The summed E-state index contributed by atoms with van der Waals surface area (Å²) in [4.78, 5) is 22.5. The van der Waals surface area contributed by atoms with E-state index in [4.69, 9.17) is 9.15 Å². The van der Waals surface area contributed by atoms with Crippen molar-refractivity contribution >= 4 is 17.8 Å². The maximum atomic E-state index is 12.0. The number of ether oxygens (including phenoxy) is 1. The minimum atomic E-state index is -0.582. The Hall–Kier alpha value is -4.14. The van der Waals surface area contributed by atoms with Crippen molar-refractivity contribution < 1.29 is 24.0 Å². The standard InChI is InChI=1S/C19H15N3O6/c1-27-17-8-6-12(22(25)26)10-15(17)18-9-7-13(28-18)11-20-21-19(24)14-4-2-3-5-16(14)23/h2-11,23H,1H3,(H,21,24). The van der Waals surface area contributed by atoms with Gasteiger partial charge in [-0.25, -0.2) is 5.43 Å². The molecule has 0 bridgehead atoms. The first-order valence-corrected chi connectivity index (χ1v) is 8.03. The molecule has 9 nitrogen and oxygen atoms in total. The van der Waals surface area contributed by atoms with E-state index in [2.05, 4.69) is 10.5 Å². The third-order valence-electron chi connectivity index (χ3n) is 3.79. The first kappa shape index (κ1) is 18.6. The summed E-state index contributed by atoms with van der Waals surface area (Å²) in [7, 11) is 1.45. The van der Waals surface area contributed by atoms with Crippen LogP contribution in [0.5, 0.6) is 11.5 Å². The van der Waals surface area contributed by atoms with Crippen LogP contribution in [0.4, 0.5) is 5.69 Å². The highest BCUT2D eigenvalue weighted by Gasteiger charge is 2.15. The van der Waals surface area contributed by atoms with E-state index in [1.165, 1.54) is 43.7 Å². The molecule has 0 aliphatic heterocycles. The number of phenolic OH excluding ortho intramolecular Hbond substituents is 1. The summed E-state index contributed by atoms with van der Waals surface area (Å²) in [6, 6.07) is 13.4. The van der Waals surface area contributed by atoms with E-state index in [1.54, 1.807) is 24.3 Å². The number of para-hydroxylation sites is 1. The van der Waals surface area contributed by atoms with E-state index >= 15 is 0 Å². The van der Waals surface area contributed by atoms with E-state index in [9.17, 15) is 20.0 Å². The van der Waals surface area contributed by atoms with Crippen molar-refractivity contribution in [2.75, 3.05) is 7.11 Å². The Balaban J connectivity index is 1.77. The number of nitrogens with one attached hydrogen (secondary N) is 1. The lowest BCUT2D eigenvalue weighted by molar-refractivity contribution is -0.384. The van der Waals surface area contributed by atoms with Crippen LogP contribution in [0.15, 0.2) is 64.1 Å². The Morgan fingerprint density at radius 2 is 2.04 bits per heavy atom. The van der Waals surface area contributed by atoms with E-state index in [0.29, 0.717) is 22.8 Å². The molecule has 0 radical (unpaired) electrons. The van der Waals surface area contributed by atoms with Crippen molar-refractivity contribution in [3.63, 3.8) is 0 Å². The Bertz CT molecular complexity index is 1060. The zero-order valence-corrected chi connectivity index (χ0v) is 14.7. The van der Waals surface area contributed by atoms with E-state index in [0.717, 1.165) is 0 Å². The molecule has 0 spiro atoms. The quantitative estimate of drug-likeness (QED) is 0.383. The van der Waals surface area contributed by atoms with Gasteiger partial charge in [-0.2, -0.15) is 5.10 Å². The van der Waals surface area contributed by atoms with E-state index < -0.39 is 10.8 Å². The molecule has 0 unspecified atom stereocenters. The number of furan rings is 1. The first-order chi connectivity index (χ1) is 13.5. The number of methoxy groups -OCH3 is 1.